The van der Waals surface area contributed by atoms with Crippen LogP contribution in [0.25, 0.3) is 0 Å². The van der Waals surface area contributed by atoms with E-state index in [0.29, 0.717) is 10.8 Å². The molecule has 0 radical (unpaired) electrons. The lowest BCUT2D eigenvalue weighted by Gasteiger charge is -2.58. The van der Waals surface area contributed by atoms with Crippen LogP contribution in [0.1, 0.15) is 105 Å². The van der Waals surface area contributed by atoms with Crippen LogP contribution in [0.4, 0.5) is 4.79 Å². The molecule has 4 N–H and O–H groups in total. The average Bonchev–Trinajstić information content (AvgIpc) is 3.14. The molecule has 0 aromatic carbocycles. The number of allylic oxidation sites excluding steroid dienone is 1. The molecule has 0 spiro atoms. The molecule has 188 valence electrons. The minimum atomic E-state index is -0.484. The fraction of sp³-hybridized carbons (Fsp3) is 0.893. The van der Waals surface area contributed by atoms with Gasteiger partial charge in [0.05, 0.1) is 6.10 Å². The monoisotopic (exact) mass is 459 g/mol. The molecule has 4 aliphatic carbocycles. The molecule has 0 saturated heterocycles. The zero-order valence-electron chi connectivity index (χ0n) is 21.8. The van der Waals surface area contributed by atoms with E-state index in [0.717, 1.165) is 54.8 Å². The van der Waals surface area contributed by atoms with Crippen LogP contribution in [0.15, 0.2) is 11.6 Å². The van der Waals surface area contributed by atoms with Crippen LogP contribution in [0.5, 0.6) is 0 Å². The molecule has 33 heavy (non-hydrogen) atoms. The highest BCUT2D eigenvalue weighted by molar-refractivity contribution is 5.71. The highest BCUT2D eigenvalue weighted by Crippen LogP contribution is 2.67. The van der Waals surface area contributed by atoms with Gasteiger partial charge < -0.3 is 0 Å². The number of nitrogens with two attached hydrogens (primary N) is 1. The molecule has 0 aliphatic heterocycles. The van der Waals surface area contributed by atoms with E-state index in [1.54, 1.807) is 5.57 Å². The molecule has 4 aliphatic rings. The van der Waals surface area contributed by atoms with Crippen LogP contribution in [0.3, 0.4) is 0 Å². The largest absolute Gasteiger partial charge is 0.352 e. The number of urea groups is 1. The van der Waals surface area contributed by atoms with Crippen molar-refractivity contribution >= 4 is 6.03 Å². The molecule has 0 aromatic heterocycles. The zero-order valence-corrected chi connectivity index (χ0v) is 21.8. The third-order valence-electron chi connectivity index (χ3n) is 10.7. The number of hydroxylamine groups is 1. The Morgan fingerprint density at radius 1 is 1.12 bits per heavy atom. The third kappa shape index (κ3) is 4.74. The predicted octanol–water partition coefficient (Wildman–Crippen LogP) is 6.50. The Labute approximate surface area is 202 Å². The summed E-state index contributed by atoms with van der Waals surface area (Å²) in [6, 6.07) is -0.484. The summed E-state index contributed by atoms with van der Waals surface area (Å²) in [6.07, 6.45) is 16.9. The fourth-order valence-corrected chi connectivity index (χ4v) is 8.92. The maximum atomic E-state index is 11.4. The van der Waals surface area contributed by atoms with Crippen molar-refractivity contribution in [3.8, 4) is 0 Å². The van der Waals surface area contributed by atoms with Crippen LogP contribution in [0.2, 0.25) is 0 Å². The highest BCUT2D eigenvalue weighted by Gasteiger charge is 2.59. The molecule has 2 amide bonds. The molecular weight excluding hydrogens is 410 g/mol. The zero-order chi connectivity index (χ0) is 23.8. The number of carbonyl (C=O) groups is 1. The quantitative estimate of drug-likeness (QED) is 0.176. The van der Waals surface area contributed by atoms with Gasteiger partial charge in [0.15, 0.2) is 0 Å². The van der Waals surface area contributed by atoms with Crippen molar-refractivity contribution < 1.29 is 9.63 Å². The topological polar surface area (TPSA) is 76.4 Å². The minimum absolute atomic E-state index is 0.0505. The number of fused-ring (bicyclic) bond motifs is 5. The number of rotatable bonds is 7. The molecule has 5 heteroatoms. The van der Waals surface area contributed by atoms with Crippen molar-refractivity contribution in [1.82, 2.24) is 10.9 Å². The second kappa shape index (κ2) is 9.89. The van der Waals surface area contributed by atoms with E-state index in [9.17, 15) is 4.79 Å². The van der Waals surface area contributed by atoms with Gasteiger partial charge in [0.1, 0.15) is 0 Å². The Morgan fingerprint density at radius 2 is 1.91 bits per heavy atom. The van der Waals surface area contributed by atoms with Crippen molar-refractivity contribution in [1.29, 1.82) is 0 Å². The van der Waals surface area contributed by atoms with Gasteiger partial charge in [-0.2, -0.15) is 0 Å². The number of amides is 2. The molecule has 0 bridgehead atoms. The summed E-state index contributed by atoms with van der Waals surface area (Å²) in [5.41, 5.74) is 6.93. The lowest BCUT2D eigenvalue weighted by molar-refractivity contribution is -0.0733. The van der Waals surface area contributed by atoms with Crippen molar-refractivity contribution in [3.63, 3.8) is 0 Å². The lowest BCUT2D eigenvalue weighted by atomic mass is 9.47. The Balaban J connectivity index is 1.42. The number of hydrazine groups is 1. The summed E-state index contributed by atoms with van der Waals surface area (Å²) < 4.78 is 0. The summed E-state index contributed by atoms with van der Waals surface area (Å²) in [4.78, 5) is 17.1. The first-order valence-electron chi connectivity index (χ1n) is 13.8. The van der Waals surface area contributed by atoms with Crippen molar-refractivity contribution in [2.45, 2.75) is 111 Å². The first kappa shape index (κ1) is 25.0. The number of hydrogen-bond donors (Lipinski definition) is 3. The van der Waals surface area contributed by atoms with Gasteiger partial charge in [0.25, 0.3) is 0 Å². The van der Waals surface area contributed by atoms with Gasteiger partial charge in [-0.25, -0.2) is 16.1 Å². The van der Waals surface area contributed by atoms with Gasteiger partial charge in [0.2, 0.25) is 0 Å². The molecule has 3 saturated carbocycles. The van der Waals surface area contributed by atoms with Gasteiger partial charge >= 0.3 is 6.03 Å². The smallest absolute Gasteiger partial charge is 0.274 e. The van der Waals surface area contributed by atoms with Crippen LogP contribution < -0.4 is 16.7 Å². The summed E-state index contributed by atoms with van der Waals surface area (Å²) in [5.74, 6) is 10.3. The molecule has 0 aromatic rings. The van der Waals surface area contributed by atoms with Gasteiger partial charge in [-0.3, -0.25) is 10.3 Å². The van der Waals surface area contributed by atoms with E-state index in [1.807, 2.05) is 0 Å². The molecule has 3 fully saturated rings. The maximum absolute atomic E-state index is 11.4. The summed E-state index contributed by atoms with van der Waals surface area (Å²) in [6.45, 7) is 12.5. The SMILES string of the molecule is CC(C)CCC[C@@H](C)[C@H]1CC[C@H]2[C@@H]3CC=C4C[C@@H](ONC(=O)NN)CC[C@]4(C)[C@H]3CC[C@]12C. The molecule has 4 rings (SSSR count). The van der Waals surface area contributed by atoms with E-state index < -0.39 is 6.03 Å². The second-order valence-corrected chi connectivity index (χ2v) is 12.8. The number of hydrogen-bond acceptors (Lipinski definition) is 3. The minimum Gasteiger partial charge on any atom is -0.274 e. The van der Waals surface area contributed by atoms with Gasteiger partial charge in [0, 0.05) is 0 Å². The van der Waals surface area contributed by atoms with Gasteiger partial charge in [-0.1, -0.05) is 65.5 Å². The lowest BCUT2D eigenvalue weighted by Crippen LogP contribution is -2.51. The number of nitrogens with one attached hydrogen (secondary N) is 2. The average molecular weight is 460 g/mol. The Bertz CT molecular complexity index is 737. The molecule has 0 unspecified atom stereocenters. The van der Waals surface area contributed by atoms with E-state index in [-0.39, 0.29) is 6.10 Å². The van der Waals surface area contributed by atoms with Crippen molar-refractivity contribution in [2.75, 3.05) is 0 Å². The first-order chi connectivity index (χ1) is 15.7. The van der Waals surface area contributed by atoms with Crippen molar-refractivity contribution in [2.24, 2.45) is 52.2 Å². The molecular formula is C28H49N3O2. The normalized spacial score (nSPS) is 40.9. The third-order valence-corrected chi connectivity index (χ3v) is 10.7. The molecule has 5 nitrogen and oxygen atoms in total. The summed E-state index contributed by atoms with van der Waals surface area (Å²) in [7, 11) is 0. The van der Waals surface area contributed by atoms with E-state index in [1.165, 1.54) is 51.4 Å². The van der Waals surface area contributed by atoms with E-state index in [2.05, 4.69) is 51.6 Å². The van der Waals surface area contributed by atoms with Crippen LogP contribution >= 0.6 is 0 Å². The Hall–Kier alpha value is -1.07. The molecule has 0 heterocycles. The Morgan fingerprint density at radius 3 is 2.64 bits per heavy atom. The fourth-order valence-electron chi connectivity index (χ4n) is 8.92. The predicted molar refractivity (Wildman–Crippen MR) is 134 cm³/mol. The standard InChI is InChI=1S/C28H49N3O2/c1-18(2)7-6-8-19(3)23-11-12-24-22-10-9-20-17-21(33-31-26(32)30-29)13-15-27(20,4)25(22)14-16-28(23,24)5/h9,18-19,21-25H,6-8,10-17,29H2,1-5H3,(H2,30,31,32)/t19-,21+,22+,23-,24+,25+,27+,28-/m1/s1. The summed E-state index contributed by atoms with van der Waals surface area (Å²) in [5, 5.41) is 0. The van der Waals surface area contributed by atoms with Crippen LogP contribution in [0, 0.1) is 46.3 Å². The second-order valence-electron chi connectivity index (χ2n) is 12.8. The van der Waals surface area contributed by atoms with Crippen LogP contribution in [-0.4, -0.2) is 12.1 Å². The highest BCUT2D eigenvalue weighted by atomic mass is 16.7. The van der Waals surface area contributed by atoms with E-state index in [4.69, 9.17) is 10.7 Å². The van der Waals surface area contributed by atoms with Gasteiger partial charge in [-0.15, -0.1) is 0 Å². The first-order valence-corrected chi connectivity index (χ1v) is 13.8. The summed E-state index contributed by atoms with van der Waals surface area (Å²) >= 11 is 0. The Kier molecular flexibility index (Phi) is 7.50. The van der Waals surface area contributed by atoms with Crippen molar-refractivity contribution in [3.05, 3.63) is 11.6 Å². The maximum Gasteiger partial charge on any atom is 0.352 e. The number of carbonyl (C=O) groups excluding carboxylic acids is 1. The van der Waals surface area contributed by atoms with Crippen LogP contribution in [-0.2, 0) is 4.84 Å². The molecule has 8 atom stereocenters. The van der Waals surface area contributed by atoms with E-state index >= 15 is 0 Å². The van der Waals surface area contributed by atoms with Gasteiger partial charge in [-0.05, 0) is 97.7 Å².